The molecule has 4 rings (SSSR count). The first kappa shape index (κ1) is 10.1. The highest BCUT2D eigenvalue weighted by Gasteiger charge is 2.62. The van der Waals surface area contributed by atoms with Crippen molar-refractivity contribution in [3.8, 4) is 0 Å². The molecule has 1 heterocycles. The summed E-state index contributed by atoms with van der Waals surface area (Å²) in [6.45, 7) is 3.67. The van der Waals surface area contributed by atoms with Crippen LogP contribution in [0.3, 0.4) is 0 Å². The lowest BCUT2D eigenvalue weighted by Crippen LogP contribution is -2.45. The maximum Gasteiger partial charge on any atom is 0.0472 e. The molecule has 0 bridgehead atoms. The SMILES string of the molecule is C[C@]12NCC[C@@]13CCCC[C@H]3c1ccccc12. The van der Waals surface area contributed by atoms with E-state index in [4.69, 9.17) is 0 Å². The monoisotopic (exact) mass is 227 g/mol. The van der Waals surface area contributed by atoms with Crippen LogP contribution in [-0.4, -0.2) is 6.54 Å². The first-order valence-corrected chi connectivity index (χ1v) is 7.12. The van der Waals surface area contributed by atoms with Gasteiger partial charge in [-0.15, -0.1) is 0 Å². The molecule has 2 aliphatic carbocycles. The van der Waals surface area contributed by atoms with Gasteiger partial charge in [0.25, 0.3) is 0 Å². The maximum atomic E-state index is 3.84. The van der Waals surface area contributed by atoms with E-state index in [9.17, 15) is 0 Å². The second-order valence-corrected chi connectivity index (χ2v) is 6.34. The van der Waals surface area contributed by atoms with E-state index in [0.29, 0.717) is 5.41 Å². The number of nitrogens with one attached hydrogen (secondary N) is 1. The van der Waals surface area contributed by atoms with Crippen molar-refractivity contribution in [1.29, 1.82) is 0 Å². The van der Waals surface area contributed by atoms with Crippen LogP contribution in [0, 0.1) is 5.41 Å². The van der Waals surface area contributed by atoms with Crippen molar-refractivity contribution in [3.05, 3.63) is 35.4 Å². The molecule has 1 nitrogen and oxygen atoms in total. The van der Waals surface area contributed by atoms with Gasteiger partial charge in [0, 0.05) is 11.0 Å². The molecule has 3 aliphatic rings. The zero-order valence-electron chi connectivity index (χ0n) is 10.6. The molecule has 17 heavy (non-hydrogen) atoms. The molecular formula is C16H21N. The average Bonchev–Trinajstić information content (AvgIpc) is 2.78. The van der Waals surface area contributed by atoms with Crippen molar-refractivity contribution in [2.75, 3.05) is 6.54 Å². The molecule has 1 aromatic rings. The second kappa shape index (κ2) is 3.14. The lowest BCUT2D eigenvalue weighted by molar-refractivity contribution is 0.0912. The average molecular weight is 227 g/mol. The van der Waals surface area contributed by atoms with Gasteiger partial charge in [0.05, 0.1) is 0 Å². The zero-order valence-corrected chi connectivity index (χ0v) is 10.6. The first-order chi connectivity index (χ1) is 8.28. The molecule has 2 fully saturated rings. The minimum absolute atomic E-state index is 0.259. The Morgan fingerprint density at radius 3 is 3.00 bits per heavy atom. The summed E-state index contributed by atoms with van der Waals surface area (Å²) in [6, 6.07) is 9.20. The Bertz CT molecular complexity index is 466. The van der Waals surface area contributed by atoms with Crippen LogP contribution in [-0.2, 0) is 5.54 Å². The van der Waals surface area contributed by atoms with Crippen molar-refractivity contribution in [1.82, 2.24) is 5.32 Å². The van der Waals surface area contributed by atoms with Crippen molar-refractivity contribution >= 4 is 0 Å². The maximum absolute atomic E-state index is 3.84. The minimum Gasteiger partial charge on any atom is -0.307 e. The summed E-state index contributed by atoms with van der Waals surface area (Å²) >= 11 is 0. The molecule has 3 atom stereocenters. The van der Waals surface area contributed by atoms with Crippen LogP contribution in [0.15, 0.2) is 24.3 Å². The quantitative estimate of drug-likeness (QED) is 0.714. The van der Waals surface area contributed by atoms with Crippen molar-refractivity contribution in [2.45, 2.75) is 50.5 Å². The summed E-state index contributed by atoms with van der Waals surface area (Å²) in [5.41, 5.74) is 4.05. The molecular weight excluding hydrogens is 206 g/mol. The lowest BCUT2D eigenvalue weighted by atomic mass is 9.60. The number of hydrogen-bond donors (Lipinski definition) is 1. The fourth-order valence-electron chi connectivity index (χ4n) is 5.17. The fraction of sp³-hybridized carbons (Fsp3) is 0.625. The van der Waals surface area contributed by atoms with E-state index in [1.807, 2.05) is 0 Å². The summed E-state index contributed by atoms with van der Waals surface area (Å²) in [7, 11) is 0. The van der Waals surface area contributed by atoms with Crippen LogP contribution in [0.1, 0.15) is 56.1 Å². The van der Waals surface area contributed by atoms with Crippen LogP contribution in [0.2, 0.25) is 0 Å². The Morgan fingerprint density at radius 2 is 2.06 bits per heavy atom. The van der Waals surface area contributed by atoms with E-state index in [1.165, 1.54) is 38.6 Å². The van der Waals surface area contributed by atoms with E-state index < -0.39 is 0 Å². The minimum atomic E-state index is 0.259. The van der Waals surface area contributed by atoms with Gasteiger partial charge in [-0.2, -0.15) is 0 Å². The van der Waals surface area contributed by atoms with Crippen LogP contribution in [0.5, 0.6) is 0 Å². The molecule has 1 spiro atoms. The highest BCUT2D eigenvalue weighted by molar-refractivity contribution is 5.47. The van der Waals surface area contributed by atoms with Gasteiger partial charge in [0.1, 0.15) is 0 Å². The predicted octanol–water partition coefficient (Wildman–Crippen LogP) is 3.55. The summed E-state index contributed by atoms with van der Waals surface area (Å²) in [5, 5.41) is 3.84. The molecule has 1 aromatic carbocycles. The van der Waals surface area contributed by atoms with Crippen molar-refractivity contribution < 1.29 is 0 Å². The van der Waals surface area contributed by atoms with Crippen LogP contribution in [0.25, 0.3) is 0 Å². The lowest BCUT2D eigenvalue weighted by Gasteiger charge is -2.45. The van der Waals surface area contributed by atoms with E-state index in [-0.39, 0.29) is 5.54 Å². The molecule has 0 aromatic heterocycles. The third kappa shape index (κ3) is 1.01. The molecule has 0 radical (unpaired) electrons. The normalized spacial score (nSPS) is 43.0. The highest BCUT2D eigenvalue weighted by Crippen LogP contribution is 2.66. The fourth-order valence-corrected chi connectivity index (χ4v) is 5.17. The van der Waals surface area contributed by atoms with Gasteiger partial charge >= 0.3 is 0 Å². The largest absolute Gasteiger partial charge is 0.307 e. The second-order valence-electron chi connectivity index (χ2n) is 6.34. The molecule has 0 amide bonds. The Balaban J connectivity index is 1.98. The van der Waals surface area contributed by atoms with Gasteiger partial charge in [-0.1, -0.05) is 37.1 Å². The summed E-state index contributed by atoms with van der Waals surface area (Å²) in [5.74, 6) is 0.826. The summed E-state index contributed by atoms with van der Waals surface area (Å²) in [4.78, 5) is 0. The Labute approximate surface area is 104 Å². The molecule has 1 aliphatic heterocycles. The van der Waals surface area contributed by atoms with Gasteiger partial charge in [-0.05, 0) is 49.8 Å². The van der Waals surface area contributed by atoms with Crippen molar-refractivity contribution in [3.63, 3.8) is 0 Å². The third-order valence-electron chi connectivity index (χ3n) is 5.95. The standard InChI is InChI=1S/C16H21N/c1-15-13-7-3-2-6-12(13)14-8-4-5-9-16(14,15)10-11-17-15/h2-3,6-7,14,17H,4-5,8-11H2,1H3/t14-,15+,16+/m0/s1. The van der Waals surface area contributed by atoms with E-state index in [1.54, 1.807) is 11.1 Å². The van der Waals surface area contributed by atoms with Gasteiger partial charge < -0.3 is 5.32 Å². The van der Waals surface area contributed by atoms with Crippen LogP contribution >= 0.6 is 0 Å². The van der Waals surface area contributed by atoms with E-state index in [0.717, 1.165) is 5.92 Å². The summed E-state index contributed by atoms with van der Waals surface area (Å²) < 4.78 is 0. The van der Waals surface area contributed by atoms with Crippen LogP contribution in [0.4, 0.5) is 0 Å². The Morgan fingerprint density at radius 1 is 1.18 bits per heavy atom. The molecule has 0 unspecified atom stereocenters. The third-order valence-corrected chi connectivity index (χ3v) is 5.95. The van der Waals surface area contributed by atoms with Gasteiger partial charge in [0.2, 0.25) is 0 Å². The zero-order chi connectivity index (χ0) is 11.5. The molecule has 1 N–H and O–H groups in total. The molecule has 1 saturated carbocycles. The van der Waals surface area contributed by atoms with Gasteiger partial charge in [-0.25, -0.2) is 0 Å². The van der Waals surface area contributed by atoms with E-state index >= 15 is 0 Å². The van der Waals surface area contributed by atoms with Gasteiger partial charge in [0.15, 0.2) is 0 Å². The Kier molecular flexibility index (Phi) is 1.87. The number of benzene rings is 1. The number of fused-ring (bicyclic) bond motifs is 3. The predicted molar refractivity (Wildman–Crippen MR) is 70.1 cm³/mol. The summed E-state index contributed by atoms with van der Waals surface area (Å²) in [6.07, 6.45) is 7.07. The van der Waals surface area contributed by atoms with Crippen LogP contribution < -0.4 is 5.32 Å². The topological polar surface area (TPSA) is 12.0 Å². The van der Waals surface area contributed by atoms with Crippen molar-refractivity contribution in [2.24, 2.45) is 5.41 Å². The Hall–Kier alpha value is -0.820. The molecule has 90 valence electrons. The smallest absolute Gasteiger partial charge is 0.0472 e. The molecule has 1 saturated heterocycles. The number of rotatable bonds is 0. The van der Waals surface area contributed by atoms with E-state index in [2.05, 4.69) is 36.5 Å². The molecule has 1 heteroatoms. The number of hydrogen-bond acceptors (Lipinski definition) is 1. The van der Waals surface area contributed by atoms with Gasteiger partial charge in [-0.3, -0.25) is 0 Å². The highest BCUT2D eigenvalue weighted by atomic mass is 15.1. The first-order valence-electron chi connectivity index (χ1n) is 7.12.